The number of hydrogen-bond acceptors (Lipinski definition) is 2. The monoisotopic (exact) mass is 183 g/mol. The molecule has 2 heteroatoms. The van der Waals surface area contributed by atoms with Crippen LogP contribution in [0.25, 0.3) is 0 Å². The lowest BCUT2D eigenvalue weighted by Crippen LogP contribution is -2.34. The zero-order valence-electron chi connectivity index (χ0n) is 8.81. The molecule has 0 aliphatic carbocycles. The van der Waals surface area contributed by atoms with E-state index in [-0.39, 0.29) is 0 Å². The molecule has 1 fully saturated rings. The molecule has 0 saturated carbocycles. The number of nitrogens with one attached hydrogen (secondary N) is 1. The van der Waals surface area contributed by atoms with Gasteiger partial charge in [0.1, 0.15) is 0 Å². The Hall–Kier alpha value is -0.340. The summed E-state index contributed by atoms with van der Waals surface area (Å²) in [7, 11) is 0. The van der Waals surface area contributed by atoms with Crippen LogP contribution in [0.2, 0.25) is 0 Å². The first-order valence-electron chi connectivity index (χ1n) is 5.15. The second kappa shape index (κ2) is 5.40. The Morgan fingerprint density at radius 3 is 3.00 bits per heavy atom. The molecule has 0 bridgehead atoms. The first-order chi connectivity index (χ1) is 6.20. The van der Waals surface area contributed by atoms with Gasteiger partial charge in [-0.05, 0) is 39.2 Å². The minimum Gasteiger partial charge on any atom is -0.381 e. The maximum atomic E-state index is 5.35. The molecule has 1 rings (SSSR count). The quantitative estimate of drug-likeness (QED) is 0.658. The average Bonchev–Trinajstić information content (AvgIpc) is 2.55. The van der Waals surface area contributed by atoms with Gasteiger partial charge in [-0.25, -0.2) is 0 Å². The Balaban J connectivity index is 2.09. The third kappa shape index (κ3) is 3.92. The summed E-state index contributed by atoms with van der Waals surface area (Å²) in [4.78, 5) is 0. The zero-order valence-corrected chi connectivity index (χ0v) is 8.81. The highest BCUT2D eigenvalue weighted by Crippen LogP contribution is 2.16. The van der Waals surface area contributed by atoms with Crippen molar-refractivity contribution >= 4 is 0 Å². The van der Waals surface area contributed by atoms with Crippen molar-refractivity contribution in [3.63, 3.8) is 0 Å². The smallest absolute Gasteiger partial charge is 0.0509 e. The predicted molar refractivity (Wildman–Crippen MR) is 55.8 cm³/mol. The van der Waals surface area contributed by atoms with Crippen molar-refractivity contribution in [1.82, 2.24) is 5.32 Å². The summed E-state index contributed by atoms with van der Waals surface area (Å²) >= 11 is 0. The van der Waals surface area contributed by atoms with E-state index in [4.69, 9.17) is 4.74 Å². The van der Waals surface area contributed by atoms with Gasteiger partial charge in [0.15, 0.2) is 0 Å². The van der Waals surface area contributed by atoms with Crippen molar-refractivity contribution < 1.29 is 4.74 Å². The van der Waals surface area contributed by atoms with E-state index in [9.17, 15) is 0 Å². The molecule has 0 aromatic carbocycles. The highest BCUT2D eigenvalue weighted by Gasteiger charge is 2.21. The minimum absolute atomic E-state index is 0.585. The van der Waals surface area contributed by atoms with Gasteiger partial charge in [0, 0.05) is 12.6 Å². The lowest BCUT2D eigenvalue weighted by atomic mass is 10.0. The van der Waals surface area contributed by atoms with Crippen molar-refractivity contribution in [3.05, 3.63) is 12.2 Å². The fourth-order valence-electron chi connectivity index (χ4n) is 1.63. The average molecular weight is 183 g/mol. The normalized spacial score (nSPS) is 24.6. The van der Waals surface area contributed by atoms with Gasteiger partial charge < -0.3 is 10.1 Å². The third-order valence-electron chi connectivity index (χ3n) is 2.69. The SMILES string of the molecule is C=C(C)CCNC(C)C1CCOC1. The van der Waals surface area contributed by atoms with Crippen LogP contribution >= 0.6 is 0 Å². The van der Waals surface area contributed by atoms with Crippen LogP contribution in [0.5, 0.6) is 0 Å². The Morgan fingerprint density at radius 2 is 2.46 bits per heavy atom. The summed E-state index contributed by atoms with van der Waals surface area (Å²) in [5.41, 5.74) is 1.25. The first-order valence-corrected chi connectivity index (χ1v) is 5.15. The van der Waals surface area contributed by atoms with E-state index >= 15 is 0 Å². The van der Waals surface area contributed by atoms with Gasteiger partial charge in [-0.15, -0.1) is 6.58 Å². The fraction of sp³-hybridized carbons (Fsp3) is 0.818. The summed E-state index contributed by atoms with van der Waals surface area (Å²) in [6, 6.07) is 0.585. The van der Waals surface area contributed by atoms with Crippen LogP contribution in [0, 0.1) is 5.92 Å². The van der Waals surface area contributed by atoms with Gasteiger partial charge in [0.25, 0.3) is 0 Å². The van der Waals surface area contributed by atoms with E-state index in [1.165, 1.54) is 12.0 Å². The van der Waals surface area contributed by atoms with E-state index < -0.39 is 0 Å². The highest BCUT2D eigenvalue weighted by atomic mass is 16.5. The maximum absolute atomic E-state index is 5.35. The number of ether oxygens (including phenoxy) is 1. The molecule has 2 atom stereocenters. The molecule has 0 amide bonds. The molecule has 2 unspecified atom stereocenters. The Morgan fingerprint density at radius 1 is 1.69 bits per heavy atom. The van der Waals surface area contributed by atoms with Gasteiger partial charge in [-0.3, -0.25) is 0 Å². The lowest BCUT2D eigenvalue weighted by Gasteiger charge is -2.19. The third-order valence-corrected chi connectivity index (χ3v) is 2.69. The van der Waals surface area contributed by atoms with Crippen LogP contribution in [-0.4, -0.2) is 25.8 Å². The molecule has 0 spiro atoms. The molecule has 2 nitrogen and oxygen atoms in total. The molecule has 76 valence electrons. The summed E-state index contributed by atoms with van der Waals surface area (Å²) in [6.07, 6.45) is 2.29. The lowest BCUT2D eigenvalue weighted by molar-refractivity contribution is 0.178. The van der Waals surface area contributed by atoms with Crippen molar-refractivity contribution in [3.8, 4) is 0 Å². The van der Waals surface area contributed by atoms with Crippen LogP contribution in [-0.2, 0) is 4.74 Å². The second-order valence-electron chi connectivity index (χ2n) is 4.07. The van der Waals surface area contributed by atoms with Crippen LogP contribution in [0.4, 0.5) is 0 Å². The summed E-state index contributed by atoms with van der Waals surface area (Å²) in [5, 5.41) is 3.52. The second-order valence-corrected chi connectivity index (χ2v) is 4.07. The topological polar surface area (TPSA) is 21.3 Å². The summed E-state index contributed by atoms with van der Waals surface area (Å²) < 4.78 is 5.35. The number of rotatable bonds is 5. The van der Waals surface area contributed by atoms with Crippen molar-refractivity contribution in [1.29, 1.82) is 0 Å². The molecule has 13 heavy (non-hydrogen) atoms. The maximum Gasteiger partial charge on any atom is 0.0509 e. The standard InChI is InChI=1S/C11H21NO/c1-9(2)4-6-12-10(3)11-5-7-13-8-11/h10-12H,1,4-8H2,2-3H3. The molecule has 0 aromatic heterocycles. The summed E-state index contributed by atoms with van der Waals surface area (Å²) in [5.74, 6) is 0.713. The van der Waals surface area contributed by atoms with Crippen molar-refractivity contribution in [2.24, 2.45) is 5.92 Å². The van der Waals surface area contributed by atoms with E-state index in [0.717, 1.165) is 26.2 Å². The van der Waals surface area contributed by atoms with E-state index in [1.54, 1.807) is 0 Å². The first kappa shape index (κ1) is 10.7. The van der Waals surface area contributed by atoms with Gasteiger partial charge in [-0.2, -0.15) is 0 Å². The van der Waals surface area contributed by atoms with Gasteiger partial charge in [-0.1, -0.05) is 5.57 Å². The largest absolute Gasteiger partial charge is 0.381 e. The van der Waals surface area contributed by atoms with Crippen LogP contribution < -0.4 is 5.32 Å². The summed E-state index contributed by atoms with van der Waals surface area (Å²) in [6.45, 7) is 11.1. The zero-order chi connectivity index (χ0) is 9.68. The molecule has 1 aliphatic rings. The number of hydrogen-bond donors (Lipinski definition) is 1. The van der Waals surface area contributed by atoms with E-state index in [1.807, 2.05) is 0 Å². The van der Waals surface area contributed by atoms with Gasteiger partial charge in [0.05, 0.1) is 6.61 Å². The molecule has 1 saturated heterocycles. The van der Waals surface area contributed by atoms with Gasteiger partial charge in [0.2, 0.25) is 0 Å². The molecule has 1 N–H and O–H groups in total. The molecule has 1 aliphatic heterocycles. The van der Waals surface area contributed by atoms with E-state index in [2.05, 4.69) is 25.7 Å². The van der Waals surface area contributed by atoms with Crippen LogP contribution in [0.15, 0.2) is 12.2 Å². The van der Waals surface area contributed by atoms with Crippen LogP contribution in [0.1, 0.15) is 26.7 Å². The molecule has 0 radical (unpaired) electrons. The van der Waals surface area contributed by atoms with Crippen molar-refractivity contribution in [2.75, 3.05) is 19.8 Å². The predicted octanol–water partition coefficient (Wildman–Crippen LogP) is 1.97. The molecular weight excluding hydrogens is 162 g/mol. The Bertz CT molecular complexity index is 161. The van der Waals surface area contributed by atoms with E-state index in [0.29, 0.717) is 12.0 Å². The van der Waals surface area contributed by atoms with Crippen LogP contribution in [0.3, 0.4) is 0 Å². The van der Waals surface area contributed by atoms with Crippen molar-refractivity contribution in [2.45, 2.75) is 32.7 Å². The minimum atomic E-state index is 0.585. The Labute approximate surface area is 81.4 Å². The molecule has 1 heterocycles. The Kier molecular flexibility index (Phi) is 4.46. The highest BCUT2D eigenvalue weighted by molar-refractivity contribution is 4.89. The molecular formula is C11H21NO. The molecule has 0 aromatic rings. The van der Waals surface area contributed by atoms with Gasteiger partial charge >= 0.3 is 0 Å². The fourth-order valence-corrected chi connectivity index (χ4v) is 1.63.